The van der Waals surface area contributed by atoms with Gasteiger partial charge in [0.05, 0.1) is 10.6 Å². The number of halogens is 3. The molecule has 0 saturated carbocycles. The van der Waals surface area contributed by atoms with Crippen LogP contribution in [0.15, 0.2) is 60.7 Å². The molecule has 1 aliphatic heterocycles. The fourth-order valence-electron chi connectivity index (χ4n) is 3.43. The molecule has 0 fully saturated rings. The summed E-state index contributed by atoms with van der Waals surface area (Å²) in [6.07, 6.45) is -0.345. The number of carboxylic acids is 1. The van der Waals surface area contributed by atoms with Crippen LogP contribution in [0.3, 0.4) is 0 Å². The van der Waals surface area contributed by atoms with Gasteiger partial charge in [-0.2, -0.15) is 8.78 Å². The number of amides is 1. The Morgan fingerprint density at radius 1 is 1.14 bits per heavy atom. The lowest BCUT2D eigenvalue weighted by molar-refractivity contribution is -0.166. The molecule has 7 nitrogen and oxygen atoms in total. The van der Waals surface area contributed by atoms with Crippen LogP contribution in [0.5, 0.6) is 17.2 Å². The van der Waals surface area contributed by atoms with Crippen LogP contribution in [-0.2, 0) is 10.7 Å². The molecule has 3 aromatic rings. The molecule has 0 spiro atoms. The van der Waals surface area contributed by atoms with Crippen LogP contribution in [0.2, 0.25) is 5.02 Å². The normalized spacial score (nSPS) is 14.8. The maximum absolute atomic E-state index is 13.8. The fraction of sp³-hybridized carbons (Fsp3) is 0.200. The Morgan fingerprint density at radius 3 is 2.63 bits per heavy atom. The summed E-state index contributed by atoms with van der Waals surface area (Å²) < 4.78 is 45.0. The lowest BCUT2D eigenvalue weighted by atomic mass is 10.1. The first-order valence-corrected chi connectivity index (χ1v) is 10.9. The van der Waals surface area contributed by atoms with Gasteiger partial charge in [-0.05, 0) is 48.9 Å². The third-order valence-electron chi connectivity index (χ3n) is 5.25. The first kappa shape index (κ1) is 24.3. The zero-order valence-electron chi connectivity index (χ0n) is 18.4. The van der Waals surface area contributed by atoms with E-state index >= 15 is 0 Å². The molecule has 1 atom stereocenters. The van der Waals surface area contributed by atoms with Crippen molar-refractivity contribution >= 4 is 29.2 Å². The summed E-state index contributed by atoms with van der Waals surface area (Å²) in [5.74, 6) is -5.30. The van der Waals surface area contributed by atoms with E-state index in [0.29, 0.717) is 29.4 Å². The number of para-hydroxylation sites is 2. The molecule has 0 saturated heterocycles. The summed E-state index contributed by atoms with van der Waals surface area (Å²) >= 11 is 6.30. The second-order valence-corrected chi connectivity index (χ2v) is 8.23. The van der Waals surface area contributed by atoms with E-state index in [1.807, 2.05) is 18.2 Å². The van der Waals surface area contributed by atoms with E-state index in [0.717, 1.165) is 12.1 Å². The molecule has 0 aromatic heterocycles. The summed E-state index contributed by atoms with van der Waals surface area (Å²) in [6.45, 7) is 2.22. The molecule has 0 radical (unpaired) electrons. The predicted octanol–water partition coefficient (Wildman–Crippen LogP) is 5.30. The number of aryl methyl sites for hydroxylation is 1. The van der Waals surface area contributed by atoms with Gasteiger partial charge < -0.3 is 24.6 Å². The van der Waals surface area contributed by atoms with E-state index in [1.54, 1.807) is 13.0 Å². The number of anilines is 1. The zero-order valence-corrected chi connectivity index (χ0v) is 19.1. The second-order valence-electron chi connectivity index (χ2n) is 7.82. The minimum atomic E-state index is -4.09. The van der Waals surface area contributed by atoms with Crippen LogP contribution in [0.25, 0.3) is 0 Å². The summed E-state index contributed by atoms with van der Waals surface area (Å²) in [4.78, 5) is 23.6. The van der Waals surface area contributed by atoms with Gasteiger partial charge in [-0.15, -0.1) is 0 Å². The number of rotatable bonds is 7. The Balaban J connectivity index is 1.43. The summed E-state index contributed by atoms with van der Waals surface area (Å²) in [5, 5.41) is 11.3. The van der Waals surface area contributed by atoms with Gasteiger partial charge >= 0.3 is 11.9 Å². The number of nitrogens with one attached hydrogen (secondary N) is 1. The van der Waals surface area contributed by atoms with Crippen molar-refractivity contribution in [2.75, 3.05) is 18.5 Å². The lowest BCUT2D eigenvalue weighted by Gasteiger charge is -2.26. The van der Waals surface area contributed by atoms with E-state index in [2.05, 4.69) is 5.32 Å². The second kappa shape index (κ2) is 9.79. The van der Waals surface area contributed by atoms with Crippen molar-refractivity contribution in [1.29, 1.82) is 0 Å². The molecule has 1 heterocycles. The van der Waals surface area contributed by atoms with E-state index in [4.69, 9.17) is 30.9 Å². The van der Waals surface area contributed by atoms with Gasteiger partial charge in [-0.1, -0.05) is 35.9 Å². The number of carboxylic acid groups (broad SMARTS) is 1. The molecule has 0 aliphatic carbocycles. The van der Waals surface area contributed by atoms with Gasteiger partial charge in [-0.25, -0.2) is 4.79 Å². The Labute approximate surface area is 204 Å². The quantitative estimate of drug-likeness (QED) is 0.454. The molecule has 1 aliphatic rings. The van der Waals surface area contributed by atoms with Crippen LogP contribution in [0, 0.1) is 6.92 Å². The predicted molar refractivity (Wildman–Crippen MR) is 124 cm³/mol. The number of fused-ring (bicyclic) bond motifs is 1. The van der Waals surface area contributed by atoms with Gasteiger partial charge in [0.15, 0.2) is 17.6 Å². The maximum atomic E-state index is 13.8. The highest BCUT2D eigenvalue weighted by atomic mass is 35.5. The average molecular weight is 504 g/mol. The van der Waals surface area contributed by atoms with E-state index < -0.39 is 23.4 Å². The molecule has 2 N–H and O–H groups in total. The number of benzene rings is 3. The Kier molecular flexibility index (Phi) is 6.79. The smallest absolute Gasteiger partial charge is 0.379 e. The Morgan fingerprint density at radius 2 is 1.89 bits per heavy atom. The summed E-state index contributed by atoms with van der Waals surface area (Å²) in [6, 6.07) is 14.7. The molecule has 182 valence electrons. The number of alkyl halides is 2. The summed E-state index contributed by atoms with van der Waals surface area (Å²) in [7, 11) is 0. The van der Waals surface area contributed by atoms with E-state index in [-0.39, 0.29) is 29.0 Å². The monoisotopic (exact) mass is 503 g/mol. The van der Waals surface area contributed by atoms with Gasteiger partial charge in [0.1, 0.15) is 19.0 Å². The molecule has 35 heavy (non-hydrogen) atoms. The highest BCUT2D eigenvalue weighted by molar-refractivity contribution is 6.34. The van der Waals surface area contributed by atoms with Crippen molar-refractivity contribution in [3.8, 4) is 17.2 Å². The average Bonchev–Trinajstić information content (AvgIpc) is 2.84. The highest BCUT2D eigenvalue weighted by Crippen LogP contribution is 2.33. The molecule has 10 heteroatoms. The van der Waals surface area contributed by atoms with Gasteiger partial charge in [0.25, 0.3) is 5.91 Å². The third-order valence-corrected chi connectivity index (χ3v) is 5.57. The molecular weight excluding hydrogens is 484 g/mol. The van der Waals surface area contributed by atoms with Crippen LogP contribution in [0.1, 0.15) is 21.5 Å². The van der Waals surface area contributed by atoms with Crippen molar-refractivity contribution in [2.45, 2.75) is 19.0 Å². The van der Waals surface area contributed by atoms with Crippen molar-refractivity contribution < 1.29 is 37.7 Å². The van der Waals surface area contributed by atoms with Crippen LogP contribution < -0.4 is 19.5 Å². The van der Waals surface area contributed by atoms with Crippen molar-refractivity contribution in [2.24, 2.45) is 0 Å². The van der Waals surface area contributed by atoms with Crippen molar-refractivity contribution in [3.05, 3.63) is 82.4 Å². The van der Waals surface area contributed by atoms with Crippen LogP contribution in [0.4, 0.5) is 14.5 Å². The molecular formula is C25H20ClF2NO6. The molecule has 3 aromatic carbocycles. The van der Waals surface area contributed by atoms with Crippen molar-refractivity contribution in [3.63, 3.8) is 0 Å². The van der Waals surface area contributed by atoms with Gasteiger partial charge in [0, 0.05) is 11.3 Å². The Hall–Kier alpha value is -3.85. The molecule has 0 bridgehead atoms. The largest absolute Gasteiger partial charge is 0.489 e. The number of carbonyl (C=O) groups excluding carboxylic acids is 1. The SMILES string of the molecule is Cc1cc(C(=O)Nc2cccc(C(F)(F)C(=O)O)c2)c(Cl)cc1OC[C@@H]1COc2ccccc2O1. The first-order valence-electron chi connectivity index (χ1n) is 10.5. The molecule has 1 amide bonds. The Bertz CT molecular complexity index is 1280. The summed E-state index contributed by atoms with van der Waals surface area (Å²) in [5.41, 5.74) is -0.0523. The minimum absolute atomic E-state index is 0.00259. The lowest BCUT2D eigenvalue weighted by Crippen LogP contribution is -2.34. The maximum Gasteiger partial charge on any atom is 0.379 e. The van der Waals surface area contributed by atoms with E-state index in [1.165, 1.54) is 24.3 Å². The van der Waals surface area contributed by atoms with Crippen LogP contribution >= 0.6 is 11.6 Å². The fourth-order valence-corrected chi connectivity index (χ4v) is 3.67. The van der Waals surface area contributed by atoms with Gasteiger partial charge in [0.2, 0.25) is 0 Å². The number of ether oxygens (including phenoxy) is 3. The van der Waals surface area contributed by atoms with Gasteiger partial charge in [-0.3, -0.25) is 4.79 Å². The van der Waals surface area contributed by atoms with Crippen molar-refractivity contribution in [1.82, 2.24) is 0 Å². The number of aliphatic carboxylic acids is 1. The van der Waals surface area contributed by atoms with Crippen LogP contribution in [-0.4, -0.2) is 36.3 Å². The number of hydrogen-bond donors (Lipinski definition) is 2. The zero-order chi connectivity index (χ0) is 25.2. The standard InChI is InChI=1S/C25H20ClF2NO6/c1-14-9-18(23(30)29-16-6-4-5-15(10-16)25(27,28)24(31)32)19(26)11-22(14)34-13-17-12-33-20-7-2-3-8-21(20)35-17/h2-11,17H,12-13H2,1H3,(H,29,30)(H,31,32)/t17-/m0/s1. The topological polar surface area (TPSA) is 94.1 Å². The first-order chi connectivity index (χ1) is 16.6. The van der Waals surface area contributed by atoms with E-state index in [9.17, 15) is 18.4 Å². The minimum Gasteiger partial charge on any atom is -0.489 e. The third kappa shape index (κ3) is 5.30. The highest BCUT2D eigenvalue weighted by Gasteiger charge is 2.41. The number of carbonyl (C=O) groups is 2. The molecule has 4 rings (SSSR count). The molecule has 0 unspecified atom stereocenters. The number of hydrogen-bond acceptors (Lipinski definition) is 5.